The van der Waals surface area contributed by atoms with E-state index in [9.17, 15) is 0 Å². The fourth-order valence-electron chi connectivity index (χ4n) is 3.16. The van der Waals surface area contributed by atoms with E-state index in [1.165, 1.54) is 5.56 Å². The average Bonchev–Trinajstić information content (AvgIpc) is 3.22. The first-order valence-corrected chi connectivity index (χ1v) is 9.80. The zero-order valence-corrected chi connectivity index (χ0v) is 18.9. The zero-order chi connectivity index (χ0) is 18.7. The molecule has 6 nitrogen and oxygen atoms in total. The van der Waals surface area contributed by atoms with Gasteiger partial charge in [-0.15, -0.1) is 24.0 Å². The third kappa shape index (κ3) is 7.27. The standard InChI is InChI=1S/C21H30N6.HI/c1-2-22-21(23-12-15-27-14-7-11-24-27)26-18-16-25(17-19-26)13-6-10-20-8-4-3-5-9-20;/h3-11,14H,2,12-13,15-19H2,1H3,(H,22,23);1H/b10-6+;. The molecule has 28 heavy (non-hydrogen) atoms. The summed E-state index contributed by atoms with van der Waals surface area (Å²) < 4.78 is 1.92. The minimum atomic E-state index is 0. The molecular formula is C21H31IN6. The second-order valence-corrected chi connectivity index (χ2v) is 6.61. The first kappa shape index (κ1) is 22.4. The highest BCUT2D eigenvalue weighted by Gasteiger charge is 2.18. The molecule has 7 heteroatoms. The first-order chi connectivity index (χ1) is 13.3. The van der Waals surface area contributed by atoms with Crippen LogP contribution in [0.3, 0.4) is 0 Å². The molecule has 0 aliphatic carbocycles. The number of hydrogen-bond acceptors (Lipinski definition) is 3. The lowest BCUT2D eigenvalue weighted by Gasteiger charge is -2.36. The quantitative estimate of drug-likeness (QED) is 0.366. The second-order valence-electron chi connectivity index (χ2n) is 6.61. The van der Waals surface area contributed by atoms with E-state index < -0.39 is 0 Å². The topological polar surface area (TPSA) is 48.7 Å². The number of nitrogens with one attached hydrogen (secondary N) is 1. The Bertz CT molecular complexity index is 706. The highest BCUT2D eigenvalue weighted by atomic mass is 127. The van der Waals surface area contributed by atoms with E-state index in [1.54, 1.807) is 6.20 Å². The molecule has 1 aliphatic rings. The molecule has 1 saturated heterocycles. The number of hydrogen-bond donors (Lipinski definition) is 1. The lowest BCUT2D eigenvalue weighted by atomic mass is 10.2. The molecule has 1 fully saturated rings. The Balaban J connectivity index is 0.00000280. The van der Waals surface area contributed by atoms with Crippen molar-refractivity contribution in [3.05, 3.63) is 60.4 Å². The predicted molar refractivity (Wildman–Crippen MR) is 127 cm³/mol. The summed E-state index contributed by atoms with van der Waals surface area (Å²) in [6.07, 6.45) is 8.24. The summed E-state index contributed by atoms with van der Waals surface area (Å²) in [7, 11) is 0. The third-order valence-electron chi connectivity index (χ3n) is 4.63. The zero-order valence-electron chi connectivity index (χ0n) is 16.6. The molecule has 0 spiro atoms. The van der Waals surface area contributed by atoms with Crippen molar-refractivity contribution in [3.8, 4) is 0 Å². The van der Waals surface area contributed by atoms with Crippen LogP contribution in [0.4, 0.5) is 0 Å². The normalized spacial score (nSPS) is 15.6. The molecule has 1 aromatic heterocycles. The molecule has 2 aromatic rings. The van der Waals surface area contributed by atoms with Gasteiger partial charge < -0.3 is 10.2 Å². The van der Waals surface area contributed by atoms with Crippen molar-refractivity contribution in [2.75, 3.05) is 45.8 Å². The van der Waals surface area contributed by atoms with Crippen molar-refractivity contribution in [1.29, 1.82) is 0 Å². The minimum Gasteiger partial charge on any atom is -0.357 e. The van der Waals surface area contributed by atoms with Crippen molar-refractivity contribution in [2.24, 2.45) is 4.99 Å². The van der Waals surface area contributed by atoms with Gasteiger partial charge in [-0.05, 0) is 18.6 Å². The molecule has 0 unspecified atom stereocenters. The molecule has 3 rings (SSSR count). The number of nitrogens with zero attached hydrogens (tertiary/aromatic N) is 5. The number of aromatic nitrogens is 2. The summed E-state index contributed by atoms with van der Waals surface area (Å²) in [5.74, 6) is 1.02. The SMILES string of the molecule is CCNC(=NCCn1cccn1)N1CCN(C/C=C/c2ccccc2)CC1.I. The molecule has 1 aliphatic heterocycles. The van der Waals surface area contributed by atoms with Gasteiger partial charge in [0.1, 0.15) is 0 Å². The van der Waals surface area contributed by atoms with Crippen LogP contribution in [-0.4, -0.2) is 71.4 Å². The molecule has 1 N–H and O–H groups in total. The van der Waals surface area contributed by atoms with E-state index in [4.69, 9.17) is 4.99 Å². The molecule has 152 valence electrons. The Morgan fingerprint density at radius 2 is 1.93 bits per heavy atom. The average molecular weight is 494 g/mol. The van der Waals surface area contributed by atoms with E-state index >= 15 is 0 Å². The van der Waals surface area contributed by atoms with Gasteiger partial charge in [-0.2, -0.15) is 5.10 Å². The number of aliphatic imine (C=N–C) groups is 1. The lowest BCUT2D eigenvalue weighted by Crippen LogP contribution is -2.52. The Labute approximate surface area is 185 Å². The van der Waals surface area contributed by atoms with Crippen molar-refractivity contribution in [1.82, 2.24) is 24.9 Å². The highest BCUT2D eigenvalue weighted by Crippen LogP contribution is 2.05. The summed E-state index contributed by atoms with van der Waals surface area (Å²) in [4.78, 5) is 9.63. The van der Waals surface area contributed by atoms with Gasteiger partial charge in [-0.25, -0.2) is 0 Å². The van der Waals surface area contributed by atoms with Crippen molar-refractivity contribution >= 4 is 36.0 Å². The molecule has 0 bridgehead atoms. The number of rotatable bonds is 7. The van der Waals surface area contributed by atoms with Crippen molar-refractivity contribution in [3.63, 3.8) is 0 Å². The van der Waals surface area contributed by atoms with E-state index in [1.807, 2.05) is 16.9 Å². The highest BCUT2D eigenvalue weighted by molar-refractivity contribution is 14.0. The van der Waals surface area contributed by atoms with Crippen LogP contribution < -0.4 is 5.32 Å². The summed E-state index contributed by atoms with van der Waals surface area (Å²) in [5.41, 5.74) is 1.26. The molecular weight excluding hydrogens is 463 g/mol. The molecule has 1 aromatic carbocycles. The van der Waals surface area contributed by atoms with Crippen LogP contribution in [0, 0.1) is 0 Å². The van der Waals surface area contributed by atoms with Crippen LogP contribution in [0.25, 0.3) is 6.08 Å². The molecule has 2 heterocycles. The monoisotopic (exact) mass is 494 g/mol. The van der Waals surface area contributed by atoms with E-state index in [2.05, 4.69) is 69.6 Å². The van der Waals surface area contributed by atoms with Gasteiger partial charge in [-0.1, -0.05) is 42.5 Å². The smallest absolute Gasteiger partial charge is 0.194 e. The van der Waals surface area contributed by atoms with Gasteiger partial charge >= 0.3 is 0 Å². The summed E-state index contributed by atoms with van der Waals surface area (Å²) in [6.45, 7) is 9.69. The fraction of sp³-hybridized carbons (Fsp3) is 0.429. The van der Waals surface area contributed by atoms with Gasteiger partial charge in [0.15, 0.2) is 5.96 Å². The van der Waals surface area contributed by atoms with Crippen LogP contribution in [0.15, 0.2) is 59.9 Å². The van der Waals surface area contributed by atoms with E-state index in [-0.39, 0.29) is 24.0 Å². The predicted octanol–water partition coefficient (Wildman–Crippen LogP) is 2.80. The number of guanidine groups is 1. The van der Waals surface area contributed by atoms with Crippen LogP contribution in [0.5, 0.6) is 0 Å². The van der Waals surface area contributed by atoms with Crippen LogP contribution in [-0.2, 0) is 6.54 Å². The van der Waals surface area contributed by atoms with E-state index in [0.29, 0.717) is 0 Å². The van der Waals surface area contributed by atoms with Gasteiger partial charge in [0.2, 0.25) is 0 Å². The first-order valence-electron chi connectivity index (χ1n) is 9.80. The summed E-state index contributed by atoms with van der Waals surface area (Å²) >= 11 is 0. The summed E-state index contributed by atoms with van der Waals surface area (Å²) in [6, 6.07) is 12.4. The van der Waals surface area contributed by atoms with Gasteiger partial charge in [0, 0.05) is 51.7 Å². The van der Waals surface area contributed by atoms with Crippen molar-refractivity contribution < 1.29 is 0 Å². The maximum Gasteiger partial charge on any atom is 0.194 e. The Kier molecular flexibility index (Phi) is 10.1. The maximum absolute atomic E-state index is 4.78. The van der Waals surface area contributed by atoms with Gasteiger partial charge in [0.25, 0.3) is 0 Å². The molecule has 0 atom stereocenters. The number of benzene rings is 1. The van der Waals surface area contributed by atoms with Crippen LogP contribution in [0.1, 0.15) is 12.5 Å². The fourth-order valence-corrected chi connectivity index (χ4v) is 3.16. The number of halogens is 1. The van der Waals surface area contributed by atoms with Crippen molar-refractivity contribution in [2.45, 2.75) is 13.5 Å². The Morgan fingerprint density at radius 3 is 2.61 bits per heavy atom. The maximum atomic E-state index is 4.78. The molecule has 0 radical (unpaired) electrons. The third-order valence-corrected chi connectivity index (χ3v) is 4.63. The summed E-state index contributed by atoms with van der Waals surface area (Å²) in [5, 5.41) is 7.66. The molecule has 0 amide bonds. The lowest BCUT2D eigenvalue weighted by molar-refractivity contribution is 0.194. The van der Waals surface area contributed by atoms with Gasteiger partial charge in [-0.3, -0.25) is 14.6 Å². The second kappa shape index (κ2) is 12.6. The molecule has 0 saturated carbocycles. The minimum absolute atomic E-state index is 0. The largest absolute Gasteiger partial charge is 0.357 e. The van der Waals surface area contributed by atoms with Crippen LogP contribution in [0.2, 0.25) is 0 Å². The Morgan fingerprint density at radius 1 is 1.14 bits per heavy atom. The van der Waals surface area contributed by atoms with Gasteiger partial charge in [0.05, 0.1) is 13.1 Å². The Hall–Kier alpha value is -1.87. The van der Waals surface area contributed by atoms with Crippen LogP contribution >= 0.6 is 24.0 Å². The van der Waals surface area contributed by atoms with E-state index in [0.717, 1.165) is 58.3 Å². The number of piperazine rings is 1.